The molecule has 4 aromatic rings. The molecule has 4 heterocycles. The Balaban J connectivity index is 1.57. The number of pyridine rings is 1. The first-order valence-electron chi connectivity index (χ1n) is 10.7. The Kier molecular flexibility index (Phi) is 5.39. The van der Waals surface area contributed by atoms with Gasteiger partial charge in [-0.15, -0.1) is 10.2 Å². The highest BCUT2D eigenvalue weighted by Gasteiger charge is 2.31. The molecule has 0 aliphatic carbocycles. The number of nitrogens with zero attached hydrogens (tertiary/aromatic N) is 5. The highest BCUT2D eigenvalue weighted by Crippen LogP contribution is 2.35. The van der Waals surface area contributed by atoms with E-state index in [0.717, 1.165) is 18.6 Å². The Morgan fingerprint density at radius 1 is 1.21 bits per heavy atom. The van der Waals surface area contributed by atoms with Crippen LogP contribution in [0.4, 0.5) is 24.7 Å². The number of fused-ring (bicyclic) bond motifs is 3. The van der Waals surface area contributed by atoms with Gasteiger partial charge in [-0.1, -0.05) is 0 Å². The van der Waals surface area contributed by atoms with Crippen LogP contribution in [-0.4, -0.2) is 43.9 Å². The molecule has 34 heavy (non-hydrogen) atoms. The lowest BCUT2D eigenvalue weighted by atomic mass is 10.0. The Labute approximate surface area is 192 Å². The van der Waals surface area contributed by atoms with Gasteiger partial charge in [-0.25, -0.2) is 9.97 Å². The highest BCUT2D eigenvalue weighted by atomic mass is 19.4. The maximum Gasteiger partial charge on any atom is 0.416 e. The summed E-state index contributed by atoms with van der Waals surface area (Å²) in [4.78, 5) is 9.05. The molecule has 0 unspecified atom stereocenters. The van der Waals surface area contributed by atoms with E-state index in [1.54, 1.807) is 24.3 Å². The van der Waals surface area contributed by atoms with Crippen LogP contribution in [0.2, 0.25) is 0 Å². The van der Waals surface area contributed by atoms with Crippen LogP contribution in [0.25, 0.3) is 16.7 Å². The zero-order valence-corrected chi connectivity index (χ0v) is 18.4. The average molecular weight is 473 g/mol. The number of nitrogens with one attached hydrogen (secondary N) is 1. The first-order valence-corrected chi connectivity index (χ1v) is 10.7. The number of nitrogen functional groups attached to an aromatic ring is 1. The smallest absolute Gasteiger partial charge is 0.416 e. The predicted octanol–water partition coefficient (Wildman–Crippen LogP) is 3.92. The van der Waals surface area contributed by atoms with Gasteiger partial charge in [0.1, 0.15) is 24.1 Å². The van der Waals surface area contributed by atoms with Crippen molar-refractivity contribution in [2.75, 3.05) is 24.3 Å². The van der Waals surface area contributed by atoms with Gasteiger partial charge in [0.15, 0.2) is 11.4 Å². The normalized spacial score (nSPS) is 17.4. The summed E-state index contributed by atoms with van der Waals surface area (Å²) in [7, 11) is 0. The standard InChI is InChI=1S/C22H22F3N7O2/c1-11(13-5-14(22(23,24)25)7-15(26)6-13)28-19-17-8-18(34-16-3-4-33-9-16)21-31-27-10-32(21)20(17)30-12(2)29-19/h5-8,10-11,16H,3-4,9,26H2,1-2H3,(H,28,29,30)/t11-,16+/m1/s1. The minimum absolute atomic E-state index is 0.0304. The first-order chi connectivity index (χ1) is 16.2. The van der Waals surface area contributed by atoms with Crippen LogP contribution in [0.3, 0.4) is 0 Å². The molecule has 0 radical (unpaired) electrons. The molecule has 0 bridgehead atoms. The second kappa shape index (κ2) is 8.28. The number of aryl methyl sites for hydroxylation is 1. The van der Waals surface area contributed by atoms with Crippen LogP contribution in [0.15, 0.2) is 30.6 Å². The van der Waals surface area contributed by atoms with Gasteiger partial charge in [0.25, 0.3) is 0 Å². The van der Waals surface area contributed by atoms with E-state index in [-0.39, 0.29) is 11.8 Å². The lowest BCUT2D eigenvalue weighted by Gasteiger charge is -2.20. The van der Waals surface area contributed by atoms with Crippen LogP contribution in [-0.2, 0) is 10.9 Å². The Bertz CT molecular complexity index is 1370. The Morgan fingerprint density at radius 2 is 2.03 bits per heavy atom. The fourth-order valence-corrected chi connectivity index (χ4v) is 4.00. The molecule has 0 saturated carbocycles. The molecule has 1 aliphatic heterocycles. The fraction of sp³-hybridized carbons (Fsp3) is 0.364. The van der Waals surface area contributed by atoms with Gasteiger partial charge in [0, 0.05) is 12.1 Å². The number of hydrogen-bond acceptors (Lipinski definition) is 8. The van der Waals surface area contributed by atoms with E-state index in [0.29, 0.717) is 52.8 Å². The van der Waals surface area contributed by atoms with Crippen molar-refractivity contribution in [2.24, 2.45) is 0 Å². The van der Waals surface area contributed by atoms with E-state index in [1.165, 1.54) is 12.4 Å². The van der Waals surface area contributed by atoms with Crippen LogP contribution >= 0.6 is 0 Å². The van der Waals surface area contributed by atoms with Gasteiger partial charge in [-0.05, 0) is 43.7 Å². The molecular weight excluding hydrogens is 451 g/mol. The van der Waals surface area contributed by atoms with Gasteiger partial charge in [-0.3, -0.25) is 4.40 Å². The zero-order valence-electron chi connectivity index (χ0n) is 18.4. The van der Waals surface area contributed by atoms with Crippen LogP contribution in [0.5, 0.6) is 5.75 Å². The summed E-state index contributed by atoms with van der Waals surface area (Å²) in [5.41, 5.74) is 6.40. The number of anilines is 2. The lowest BCUT2D eigenvalue weighted by molar-refractivity contribution is -0.137. The van der Waals surface area contributed by atoms with Gasteiger partial charge in [-0.2, -0.15) is 13.2 Å². The minimum atomic E-state index is -4.50. The summed E-state index contributed by atoms with van der Waals surface area (Å²) in [6.07, 6.45) is -2.34. The molecule has 2 atom stereocenters. The number of rotatable bonds is 5. The van der Waals surface area contributed by atoms with Crippen molar-refractivity contribution in [2.45, 2.75) is 38.6 Å². The monoisotopic (exact) mass is 473 g/mol. The maximum absolute atomic E-state index is 13.3. The van der Waals surface area contributed by atoms with Gasteiger partial charge in [0.2, 0.25) is 5.65 Å². The van der Waals surface area contributed by atoms with Gasteiger partial charge in [0.05, 0.1) is 30.2 Å². The van der Waals surface area contributed by atoms with E-state index >= 15 is 0 Å². The van der Waals surface area contributed by atoms with Crippen LogP contribution in [0.1, 0.15) is 36.3 Å². The largest absolute Gasteiger partial charge is 0.484 e. The van der Waals surface area contributed by atoms with E-state index in [1.807, 2.05) is 0 Å². The molecule has 0 amide bonds. The van der Waals surface area contributed by atoms with Crippen molar-refractivity contribution in [1.29, 1.82) is 0 Å². The average Bonchev–Trinajstić information content (AvgIpc) is 3.45. The lowest BCUT2D eigenvalue weighted by Crippen LogP contribution is -2.17. The predicted molar refractivity (Wildman–Crippen MR) is 119 cm³/mol. The molecular formula is C22H22F3N7O2. The number of nitrogens with two attached hydrogens (primary N) is 1. The molecule has 5 rings (SSSR count). The second-order valence-corrected chi connectivity index (χ2v) is 8.25. The van der Waals surface area contributed by atoms with Crippen molar-refractivity contribution in [3.8, 4) is 5.75 Å². The molecule has 1 saturated heterocycles. The van der Waals surface area contributed by atoms with Crippen molar-refractivity contribution in [1.82, 2.24) is 24.6 Å². The third-order valence-electron chi connectivity index (χ3n) is 5.65. The summed E-state index contributed by atoms with van der Waals surface area (Å²) in [6.45, 7) is 4.56. The number of ether oxygens (including phenoxy) is 2. The molecule has 1 fully saturated rings. The van der Waals surface area contributed by atoms with Crippen molar-refractivity contribution >= 4 is 28.2 Å². The first kappa shape index (κ1) is 22.1. The highest BCUT2D eigenvalue weighted by molar-refractivity contribution is 5.91. The van der Waals surface area contributed by atoms with E-state index < -0.39 is 17.8 Å². The van der Waals surface area contributed by atoms with E-state index in [2.05, 4.69) is 25.5 Å². The summed E-state index contributed by atoms with van der Waals surface area (Å²) >= 11 is 0. The molecule has 12 heteroatoms. The van der Waals surface area contributed by atoms with E-state index in [4.69, 9.17) is 15.2 Å². The van der Waals surface area contributed by atoms with Crippen molar-refractivity contribution in [3.05, 3.63) is 47.5 Å². The quantitative estimate of drug-likeness (QED) is 0.420. The number of benzene rings is 1. The number of alkyl halides is 3. The van der Waals surface area contributed by atoms with Crippen molar-refractivity contribution < 1.29 is 22.6 Å². The van der Waals surface area contributed by atoms with Crippen LogP contribution < -0.4 is 15.8 Å². The third-order valence-corrected chi connectivity index (χ3v) is 5.65. The summed E-state index contributed by atoms with van der Waals surface area (Å²) in [5, 5.41) is 12.0. The number of aromatic nitrogens is 5. The minimum Gasteiger partial charge on any atom is -0.484 e. The summed E-state index contributed by atoms with van der Waals surface area (Å²) in [6, 6.07) is 4.74. The van der Waals surface area contributed by atoms with Gasteiger partial charge < -0.3 is 20.5 Å². The molecule has 178 valence electrons. The second-order valence-electron chi connectivity index (χ2n) is 8.25. The Hall–Kier alpha value is -3.67. The molecule has 3 N–H and O–H groups in total. The third kappa shape index (κ3) is 4.16. The van der Waals surface area contributed by atoms with E-state index in [9.17, 15) is 13.2 Å². The maximum atomic E-state index is 13.3. The van der Waals surface area contributed by atoms with Crippen molar-refractivity contribution in [3.63, 3.8) is 0 Å². The fourth-order valence-electron chi connectivity index (χ4n) is 4.00. The summed E-state index contributed by atoms with van der Waals surface area (Å²) in [5.74, 6) is 1.40. The zero-order chi connectivity index (χ0) is 24.0. The van der Waals surface area contributed by atoms with Crippen LogP contribution in [0, 0.1) is 6.92 Å². The topological polar surface area (TPSA) is 112 Å². The molecule has 9 nitrogen and oxygen atoms in total. The molecule has 1 aliphatic rings. The number of halogens is 3. The number of hydrogen-bond donors (Lipinski definition) is 2. The summed E-state index contributed by atoms with van der Waals surface area (Å²) < 4.78 is 53.1. The molecule has 3 aromatic heterocycles. The van der Waals surface area contributed by atoms with Gasteiger partial charge >= 0.3 is 6.18 Å². The molecule has 0 spiro atoms. The Morgan fingerprint density at radius 3 is 2.76 bits per heavy atom. The molecule has 1 aromatic carbocycles. The SMILES string of the molecule is Cc1nc(N[C@H](C)c2cc(N)cc(C(F)(F)F)c2)c2cc(O[C@H]3CCOC3)c3nncn3c2n1.